The zero-order chi connectivity index (χ0) is 13.9. The van der Waals surface area contributed by atoms with Gasteiger partial charge in [0.15, 0.2) is 5.82 Å². The first-order chi connectivity index (χ1) is 9.70. The Morgan fingerprint density at radius 1 is 1.30 bits per heavy atom. The molecule has 3 rings (SSSR count). The zero-order valence-corrected chi connectivity index (χ0v) is 12.5. The number of hydrogen-bond acceptors (Lipinski definition) is 5. The maximum Gasteiger partial charge on any atom is 0.163 e. The third-order valence-corrected chi connectivity index (χ3v) is 3.88. The molecule has 2 atom stereocenters. The van der Waals surface area contributed by atoms with Crippen LogP contribution in [0.5, 0.6) is 0 Å². The predicted molar refractivity (Wildman–Crippen MR) is 82.2 cm³/mol. The molecule has 1 fully saturated rings. The van der Waals surface area contributed by atoms with Gasteiger partial charge in [0.05, 0.1) is 0 Å². The maximum atomic E-state index is 5.93. The van der Waals surface area contributed by atoms with E-state index in [1.54, 1.807) is 18.6 Å². The van der Waals surface area contributed by atoms with Crippen LogP contribution in [0, 0.1) is 0 Å². The number of nitrogens with zero attached hydrogens (tertiary/aromatic N) is 3. The van der Waals surface area contributed by atoms with Crippen LogP contribution in [-0.2, 0) is 0 Å². The standard InChI is InChI=1S/C14H16BrN5/c15-10-5-9(7-17-8-10)14-18-4-3-13(20-14)19-12-2-1-11(16)6-12/h3-5,7-8,11-12H,1-2,6,16H2,(H,18,19,20)/t11-,12+/m1/s1. The maximum absolute atomic E-state index is 5.93. The van der Waals surface area contributed by atoms with Crippen LogP contribution in [0.1, 0.15) is 19.3 Å². The summed E-state index contributed by atoms with van der Waals surface area (Å²) in [5.41, 5.74) is 6.82. The van der Waals surface area contributed by atoms with E-state index in [0.29, 0.717) is 17.9 Å². The van der Waals surface area contributed by atoms with E-state index >= 15 is 0 Å². The fourth-order valence-corrected chi connectivity index (χ4v) is 2.83. The number of anilines is 1. The minimum Gasteiger partial charge on any atom is -0.367 e. The Kier molecular flexibility index (Phi) is 3.93. The number of hydrogen-bond donors (Lipinski definition) is 2. The van der Waals surface area contributed by atoms with Crippen LogP contribution in [0.3, 0.4) is 0 Å². The Balaban J connectivity index is 1.79. The van der Waals surface area contributed by atoms with Gasteiger partial charge in [0.2, 0.25) is 0 Å². The third kappa shape index (κ3) is 3.13. The summed E-state index contributed by atoms with van der Waals surface area (Å²) in [6, 6.07) is 4.56. The number of rotatable bonds is 3. The van der Waals surface area contributed by atoms with Gasteiger partial charge in [-0.1, -0.05) is 0 Å². The molecule has 0 aromatic carbocycles. The van der Waals surface area contributed by atoms with Crippen molar-refractivity contribution in [3.05, 3.63) is 35.2 Å². The minimum absolute atomic E-state index is 0.308. The van der Waals surface area contributed by atoms with E-state index in [9.17, 15) is 0 Å². The van der Waals surface area contributed by atoms with Crippen LogP contribution in [0.2, 0.25) is 0 Å². The number of halogens is 1. The molecule has 2 heterocycles. The van der Waals surface area contributed by atoms with Crippen molar-refractivity contribution in [2.75, 3.05) is 5.32 Å². The lowest BCUT2D eigenvalue weighted by Gasteiger charge is -2.13. The number of nitrogens with one attached hydrogen (secondary N) is 1. The van der Waals surface area contributed by atoms with Gasteiger partial charge in [-0.15, -0.1) is 0 Å². The molecular weight excluding hydrogens is 318 g/mol. The molecule has 2 aromatic heterocycles. The average molecular weight is 334 g/mol. The fourth-order valence-electron chi connectivity index (χ4n) is 2.47. The van der Waals surface area contributed by atoms with Crippen molar-refractivity contribution in [2.24, 2.45) is 5.73 Å². The first-order valence-corrected chi connectivity index (χ1v) is 7.46. The molecule has 6 heteroatoms. The van der Waals surface area contributed by atoms with Crippen molar-refractivity contribution in [1.82, 2.24) is 15.0 Å². The largest absolute Gasteiger partial charge is 0.367 e. The van der Waals surface area contributed by atoms with Gasteiger partial charge in [-0.3, -0.25) is 4.98 Å². The van der Waals surface area contributed by atoms with E-state index in [4.69, 9.17) is 5.73 Å². The third-order valence-electron chi connectivity index (χ3n) is 3.44. The van der Waals surface area contributed by atoms with E-state index in [0.717, 1.165) is 35.1 Å². The molecule has 2 aromatic rings. The summed E-state index contributed by atoms with van der Waals surface area (Å²) in [6.07, 6.45) is 8.43. The quantitative estimate of drug-likeness (QED) is 0.902. The molecule has 1 aliphatic carbocycles. The molecule has 0 saturated heterocycles. The minimum atomic E-state index is 0.308. The lowest BCUT2D eigenvalue weighted by molar-refractivity contribution is 0.686. The van der Waals surface area contributed by atoms with Crippen LogP contribution >= 0.6 is 15.9 Å². The van der Waals surface area contributed by atoms with Gasteiger partial charge in [-0.05, 0) is 47.3 Å². The van der Waals surface area contributed by atoms with Gasteiger partial charge in [0.1, 0.15) is 5.82 Å². The summed E-state index contributed by atoms with van der Waals surface area (Å²) >= 11 is 3.41. The highest BCUT2D eigenvalue weighted by Crippen LogP contribution is 2.23. The predicted octanol–water partition coefficient (Wildman–Crippen LogP) is 2.59. The Hall–Kier alpha value is -1.53. The second kappa shape index (κ2) is 5.85. The molecule has 0 radical (unpaired) electrons. The molecule has 0 amide bonds. The first kappa shape index (κ1) is 13.5. The van der Waals surface area contributed by atoms with E-state index in [2.05, 4.69) is 36.2 Å². The summed E-state index contributed by atoms with van der Waals surface area (Å²) in [5, 5.41) is 3.43. The average Bonchev–Trinajstić information content (AvgIpc) is 2.84. The van der Waals surface area contributed by atoms with Gasteiger partial charge in [0.25, 0.3) is 0 Å². The summed E-state index contributed by atoms with van der Waals surface area (Å²) in [7, 11) is 0. The Bertz CT molecular complexity index is 604. The second-order valence-corrected chi connectivity index (χ2v) is 5.99. The molecule has 0 bridgehead atoms. The molecule has 1 saturated carbocycles. The molecule has 0 spiro atoms. The smallest absolute Gasteiger partial charge is 0.163 e. The number of nitrogens with two attached hydrogens (primary N) is 1. The van der Waals surface area contributed by atoms with E-state index in [-0.39, 0.29) is 0 Å². The summed E-state index contributed by atoms with van der Waals surface area (Å²) in [6.45, 7) is 0. The second-order valence-electron chi connectivity index (χ2n) is 5.07. The molecule has 5 nitrogen and oxygen atoms in total. The molecule has 3 N–H and O–H groups in total. The van der Waals surface area contributed by atoms with Crippen molar-refractivity contribution >= 4 is 21.7 Å². The van der Waals surface area contributed by atoms with E-state index in [1.165, 1.54) is 0 Å². The van der Waals surface area contributed by atoms with Crippen molar-refractivity contribution in [2.45, 2.75) is 31.3 Å². The molecule has 104 valence electrons. The van der Waals surface area contributed by atoms with E-state index < -0.39 is 0 Å². The van der Waals surface area contributed by atoms with Gasteiger partial charge in [0, 0.05) is 40.7 Å². The van der Waals surface area contributed by atoms with Gasteiger partial charge in [-0.2, -0.15) is 0 Å². The topological polar surface area (TPSA) is 76.7 Å². The van der Waals surface area contributed by atoms with Crippen molar-refractivity contribution in [3.63, 3.8) is 0 Å². The van der Waals surface area contributed by atoms with Crippen LogP contribution in [0.15, 0.2) is 35.2 Å². The van der Waals surface area contributed by atoms with Crippen LogP contribution < -0.4 is 11.1 Å². The highest BCUT2D eigenvalue weighted by atomic mass is 79.9. The van der Waals surface area contributed by atoms with Crippen molar-refractivity contribution < 1.29 is 0 Å². The Morgan fingerprint density at radius 3 is 2.95 bits per heavy atom. The SMILES string of the molecule is N[C@@H]1CC[C@H](Nc2ccnc(-c3cncc(Br)c3)n2)C1. The highest BCUT2D eigenvalue weighted by Gasteiger charge is 2.21. The lowest BCUT2D eigenvalue weighted by Crippen LogP contribution is -2.21. The van der Waals surface area contributed by atoms with Gasteiger partial charge in [-0.25, -0.2) is 9.97 Å². The molecular formula is C14H16BrN5. The first-order valence-electron chi connectivity index (χ1n) is 6.67. The lowest BCUT2D eigenvalue weighted by atomic mass is 10.2. The molecule has 1 aliphatic rings. The monoisotopic (exact) mass is 333 g/mol. The van der Waals surface area contributed by atoms with Crippen molar-refractivity contribution in [1.29, 1.82) is 0 Å². The van der Waals surface area contributed by atoms with Crippen LogP contribution in [0.4, 0.5) is 5.82 Å². The van der Waals surface area contributed by atoms with Crippen LogP contribution in [0.25, 0.3) is 11.4 Å². The van der Waals surface area contributed by atoms with Crippen molar-refractivity contribution in [3.8, 4) is 11.4 Å². The number of aromatic nitrogens is 3. The van der Waals surface area contributed by atoms with Gasteiger partial charge < -0.3 is 11.1 Å². The highest BCUT2D eigenvalue weighted by molar-refractivity contribution is 9.10. The van der Waals surface area contributed by atoms with E-state index in [1.807, 2.05) is 12.1 Å². The number of pyridine rings is 1. The molecule has 0 aliphatic heterocycles. The van der Waals surface area contributed by atoms with Gasteiger partial charge >= 0.3 is 0 Å². The summed E-state index contributed by atoms with van der Waals surface area (Å²) < 4.78 is 0.915. The fraction of sp³-hybridized carbons (Fsp3) is 0.357. The summed E-state index contributed by atoms with van der Waals surface area (Å²) in [4.78, 5) is 13.0. The normalized spacial score (nSPS) is 21.9. The van der Waals surface area contributed by atoms with Crippen LogP contribution in [-0.4, -0.2) is 27.0 Å². The molecule has 0 unspecified atom stereocenters. The Labute approximate surface area is 126 Å². The molecule has 20 heavy (non-hydrogen) atoms. The Morgan fingerprint density at radius 2 is 2.20 bits per heavy atom. The zero-order valence-electron chi connectivity index (χ0n) is 11.0. The summed E-state index contributed by atoms with van der Waals surface area (Å²) in [5.74, 6) is 1.51.